The molecule has 0 atom stereocenters. The van der Waals surface area contributed by atoms with Gasteiger partial charge in [-0.1, -0.05) is 30.7 Å². The average Bonchev–Trinajstić information content (AvgIpc) is 3.64. The molecule has 1 saturated carbocycles. The van der Waals surface area contributed by atoms with Crippen LogP contribution >= 0.6 is 0 Å². The third-order valence-corrected chi connectivity index (χ3v) is 6.64. The van der Waals surface area contributed by atoms with Crippen molar-refractivity contribution >= 4 is 28.5 Å². The number of anilines is 1. The van der Waals surface area contributed by atoms with Gasteiger partial charge in [-0.2, -0.15) is 13.2 Å². The summed E-state index contributed by atoms with van der Waals surface area (Å²) in [6.45, 7) is 4.89. The lowest BCUT2D eigenvalue weighted by molar-refractivity contribution is -0.192. The normalized spacial score (nSPS) is 16.0. The second-order valence-corrected chi connectivity index (χ2v) is 9.68. The van der Waals surface area contributed by atoms with Crippen LogP contribution in [0.5, 0.6) is 5.75 Å². The van der Waals surface area contributed by atoms with Gasteiger partial charge in [0.2, 0.25) is 0 Å². The number of nitrogens with one attached hydrogen (secondary N) is 1. The fourth-order valence-corrected chi connectivity index (χ4v) is 4.49. The minimum absolute atomic E-state index is 0.0673. The first-order chi connectivity index (χ1) is 18.2. The first-order valence-corrected chi connectivity index (χ1v) is 12.9. The SMILES string of the molecule is O=C(Nc1cccc(OCCN2CCCCC2)c1)c1cc2ccccc2n1CC1CC1.O=C(O)C(F)(F)F. The number of hydrogen-bond acceptors (Lipinski definition) is 4. The molecule has 2 N–H and O–H groups in total. The Labute approximate surface area is 219 Å². The van der Waals surface area contributed by atoms with Crippen LogP contribution in [-0.2, 0) is 11.3 Å². The molecule has 1 amide bonds. The zero-order valence-corrected chi connectivity index (χ0v) is 21.0. The van der Waals surface area contributed by atoms with Crippen LogP contribution in [0.3, 0.4) is 0 Å². The zero-order chi connectivity index (χ0) is 27.1. The van der Waals surface area contributed by atoms with Crippen molar-refractivity contribution in [3.8, 4) is 5.75 Å². The molecule has 2 heterocycles. The van der Waals surface area contributed by atoms with E-state index in [0.29, 0.717) is 12.5 Å². The summed E-state index contributed by atoms with van der Waals surface area (Å²) in [6, 6.07) is 18.0. The van der Waals surface area contributed by atoms with Crippen molar-refractivity contribution in [2.75, 3.05) is 31.6 Å². The number of carbonyl (C=O) groups excluding carboxylic acids is 1. The van der Waals surface area contributed by atoms with Crippen LogP contribution in [0.2, 0.25) is 0 Å². The van der Waals surface area contributed by atoms with Gasteiger partial charge in [0.05, 0.1) is 0 Å². The predicted molar refractivity (Wildman–Crippen MR) is 139 cm³/mol. The Kier molecular flexibility index (Phi) is 8.93. The molecule has 1 aliphatic carbocycles. The monoisotopic (exact) mass is 531 g/mol. The number of likely N-dealkylation sites (tertiary alicyclic amines) is 1. The molecule has 0 radical (unpaired) electrons. The lowest BCUT2D eigenvalue weighted by Gasteiger charge is -2.26. The van der Waals surface area contributed by atoms with Gasteiger partial charge in [-0.3, -0.25) is 9.69 Å². The molecule has 7 nitrogen and oxygen atoms in total. The maximum Gasteiger partial charge on any atom is 0.490 e. The van der Waals surface area contributed by atoms with E-state index < -0.39 is 12.1 Å². The lowest BCUT2D eigenvalue weighted by atomic mass is 10.1. The second-order valence-electron chi connectivity index (χ2n) is 9.68. The Morgan fingerprint density at radius 3 is 2.39 bits per heavy atom. The first-order valence-electron chi connectivity index (χ1n) is 12.9. The van der Waals surface area contributed by atoms with Crippen molar-refractivity contribution < 1.29 is 32.6 Å². The molecule has 204 valence electrons. The maximum absolute atomic E-state index is 13.2. The highest BCUT2D eigenvalue weighted by Crippen LogP contribution is 2.33. The summed E-state index contributed by atoms with van der Waals surface area (Å²) in [5.74, 6) is -1.33. The molecule has 10 heteroatoms. The van der Waals surface area contributed by atoms with Crippen LogP contribution in [0.15, 0.2) is 54.6 Å². The molecule has 38 heavy (non-hydrogen) atoms. The molecule has 0 spiro atoms. The third-order valence-electron chi connectivity index (χ3n) is 6.64. The summed E-state index contributed by atoms with van der Waals surface area (Å²) in [5.41, 5.74) is 2.63. The van der Waals surface area contributed by atoms with Gasteiger partial charge in [0.1, 0.15) is 18.1 Å². The standard InChI is InChI=1S/C26H31N3O2.C2HF3O2/c30-26(25-17-21-7-2-3-10-24(21)29(25)19-20-11-12-20)27-22-8-6-9-23(18-22)31-16-15-28-13-4-1-5-14-28;3-2(4,5)1(6)7/h2-3,6-10,17-18,20H,1,4-5,11-16,19H2,(H,27,30);(H,6,7). The summed E-state index contributed by atoms with van der Waals surface area (Å²) in [5, 5.41) is 11.3. The number of halogens is 3. The highest BCUT2D eigenvalue weighted by atomic mass is 19.4. The van der Waals surface area contributed by atoms with Crippen molar-refractivity contribution in [2.45, 2.75) is 44.8 Å². The number of ether oxygens (including phenoxy) is 1. The molecule has 1 saturated heterocycles. The van der Waals surface area contributed by atoms with Crippen LogP contribution in [0.1, 0.15) is 42.6 Å². The number of benzene rings is 2. The first kappa shape index (κ1) is 27.5. The number of carbonyl (C=O) groups is 2. The van der Waals surface area contributed by atoms with Crippen LogP contribution in [-0.4, -0.2) is 58.9 Å². The second kappa shape index (κ2) is 12.3. The smallest absolute Gasteiger partial charge is 0.490 e. The lowest BCUT2D eigenvalue weighted by Crippen LogP contribution is -2.33. The van der Waals surface area contributed by atoms with Gasteiger partial charge in [0.15, 0.2) is 0 Å². The Morgan fingerprint density at radius 2 is 1.71 bits per heavy atom. The molecule has 3 aromatic rings. The van der Waals surface area contributed by atoms with Gasteiger partial charge in [-0.15, -0.1) is 0 Å². The van der Waals surface area contributed by atoms with E-state index in [0.717, 1.165) is 41.1 Å². The molecular formula is C28H32F3N3O4. The topological polar surface area (TPSA) is 83.8 Å². The molecule has 0 unspecified atom stereocenters. The highest BCUT2D eigenvalue weighted by molar-refractivity contribution is 6.06. The van der Waals surface area contributed by atoms with E-state index in [-0.39, 0.29) is 5.91 Å². The number of para-hydroxylation sites is 1. The summed E-state index contributed by atoms with van der Waals surface area (Å²) >= 11 is 0. The number of rotatable bonds is 8. The average molecular weight is 532 g/mol. The van der Waals surface area contributed by atoms with Crippen LogP contribution in [0.4, 0.5) is 18.9 Å². The Balaban J connectivity index is 0.000000426. The molecule has 1 aromatic heterocycles. The zero-order valence-electron chi connectivity index (χ0n) is 21.0. The van der Waals surface area contributed by atoms with Crippen LogP contribution < -0.4 is 10.1 Å². The number of piperidine rings is 1. The molecule has 2 fully saturated rings. The quantitative estimate of drug-likeness (QED) is 0.384. The van der Waals surface area contributed by atoms with E-state index >= 15 is 0 Å². The summed E-state index contributed by atoms with van der Waals surface area (Å²) in [4.78, 5) is 24.5. The van der Waals surface area contributed by atoms with Gasteiger partial charge in [0, 0.05) is 35.7 Å². The van der Waals surface area contributed by atoms with Crippen LogP contribution in [0, 0.1) is 5.92 Å². The van der Waals surface area contributed by atoms with E-state index in [2.05, 4.69) is 26.9 Å². The molecule has 2 aromatic carbocycles. The predicted octanol–water partition coefficient (Wildman–Crippen LogP) is 5.80. The van der Waals surface area contributed by atoms with Crippen molar-refractivity contribution in [3.63, 3.8) is 0 Å². The summed E-state index contributed by atoms with van der Waals surface area (Å²) in [7, 11) is 0. The Hall–Kier alpha value is -3.53. The number of fused-ring (bicyclic) bond motifs is 1. The molecular weight excluding hydrogens is 499 g/mol. The summed E-state index contributed by atoms with van der Waals surface area (Å²) in [6.07, 6.45) is 1.35. The maximum atomic E-state index is 13.2. The van der Waals surface area contributed by atoms with E-state index in [1.54, 1.807) is 0 Å². The van der Waals surface area contributed by atoms with Gasteiger partial charge < -0.3 is 19.7 Å². The molecule has 2 aliphatic rings. The number of amides is 1. The fraction of sp³-hybridized carbons (Fsp3) is 0.429. The van der Waals surface area contributed by atoms with Gasteiger partial charge >= 0.3 is 12.1 Å². The Bertz CT molecular complexity index is 1250. The Morgan fingerprint density at radius 1 is 1.00 bits per heavy atom. The van der Waals surface area contributed by atoms with E-state index in [9.17, 15) is 18.0 Å². The van der Waals surface area contributed by atoms with Gasteiger partial charge in [-0.05, 0) is 69.0 Å². The number of carboxylic acids is 1. The minimum atomic E-state index is -5.08. The third kappa shape index (κ3) is 7.74. The molecule has 1 aliphatic heterocycles. The fourth-order valence-electron chi connectivity index (χ4n) is 4.49. The minimum Gasteiger partial charge on any atom is -0.492 e. The highest BCUT2D eigenvalue weighted by Gasteiger charge is 2.38. The number of carboxylic acid groups (broad SMARTS) is 1. The number of aliphatic carboxylic acids is 1. The number of aromatic nitrogens is 1. The van der Waals surface area contributed by atoms with E-state index in [1.165, 1.54) is 45.2 Å². The van der Waals surface area contributed by atoms with Crippen molar-refractivity contribution in [1.29, 1.82) is 0 Å². The number of hydrogen-bond donors (Lipinski definition) is 2. The van der Waals surface area contributed by atoms with E-state index in [1.807, 2.05) is 42.5 Å². The summed E-state index contributed by atoms with van der Waals surface area (Å²) < 4.78 is 39.9. The molecule has 0 bridgehead atoms. The van der Waals surface area contributed by atoms with Crippen molar-refractivity contribution in [1.82, 2.24) is 9.47 Å². The van der Waals surface area contributed by atoms with E-state index in [4.69, 9.17) is 14.6 Å². The van der Waals surface area contributed by atoms with Crippen LogP contribution in [0.25, 0.3) is 10.9 Å². The number of alkyl halides is 3. The molecule has 5 rings (SSSR count). The largest absolute Gasteiger partial charge is 0.492 e. The van der Waals surface area contributed by atoms with Gasteiger partial charge in [0.25, 0.3) is 5.91 Å². The number of nitrogens with zero attached hydrogens (tertiary/aromatic N) is 2. The van der Waals surface area contributed by atoms with Crippen molar-refractivity contribution in [2.24, 2.45) is 5.92 Å². The van der Waals surface area contributed by atoms with Crippen molar-refractivity contribution in [3.05, 3.63) is 60.3 Å². The van der Waals surface area contributed by atoms with Gasteiger partial charge in [-0.25, -0.2) is 4.79 Å².